The smallest absolute Gasteiger partial charge is 0.237 e. The lowest BCUT2D eigenvalue weighted by Gasteiger charge is -2.06. The molecule has 0 saturated heterocycles. The van der Waals surface area contributed by atoms with Crippen molar-refractivity contribution in [1.82, 2.24) is 5.32 Å². The predicted octanol–water partition coefficient (Wildman–Crippen LogP) is -1.44. The summed E-state index contributed by atoms with van der Waals surface area (Å²) < 4.78 is 0. The molecule has 0 aliphatic rings. The van der Waals surface area contributed by atoms with Crippen LogP contribution in [0.4, 0.5) is 0 Å². The Balaban J connectivity index is 3.65. The van der Waals surface area contributed by atoms with Gasteiger partial charge in [-0.2, -0.15) is 0 Å². The number of primary amides is 1. The molecule has 0 bridgehead atoms. The number of hydrogen-bond acceptors (Lipinski definition) is 3. The molecule has 1 radical (unpaired) electrons. The number of carbonyl (C=O) groups excluding carboxylic acids is 2. The van der Waals surface area contributed by atoms with Crippen LogP contribution in [0.2, 0.25) is 0 Å². The quantitative estimate of drug-likeness (QED) is 0.351. The third kappa shape index (κ3) is 3.92. The Bertz CT molecular complexity index is 170. The molecule has 4 N–H and O–H groups in total. The highest BCUT2D eigenvalue weighted by atomic mass is 16.3. The first-order chi connectivity index (χ1) is 5.59. The Hall–Kier alpha value is -1.10. The van der Waals surface area contributed by atoms with Crippen LogP contribution in [-0.2, 0) is 9.59 Å². The monoisotopic (exact) mass is 173 g/mol. The van der Waals surface area contributed by atoms with E-state index in [4.69, 9.17) is 10.8 Å². The SMILES string of the molecule is C[C](C(N)=O)C(=O)NCCCO. The molecule has 0 fully saturated rings. The Kier molecular flexibility index (Phi) is 5.03. The minimum Gasteiger partial charge on any atom is -0.396 e. The van der Waals surface area contributed by atoms with Crippen molar-refractivity contribution >= 4 is 11.8 Å². The Morgan fingerprint density at radius 3 is 2.50 bits per heavy atom. The normalized spacial score (nSPS) is 9.92. The van der Waals surface area contributed by atoms with Gasteiger partial charge in [0.2, 0.25) is 11.8 Å². The zero-order chi connectivity index (χ0) is 9.56. The molecule has 0 atom stereocenters. The topological polar surface area (TPSA) is 92.4 Å². The second kappa shape index (κ2) is 5.54. The lowest BCUT2D eigenvalue weighted by molar-refractivity contribution is -0.124. The van der Waals surface area contributed by atoms with Crippen molar-refractivity contribution in [2.45, 2.75) is 13.3 Å². The summed E-state index contributed by atoms with van der Waals surface area (Å²) in [5, 5.41) is 10.8. The van der Waals surface area contributed by atoms with Gasteiger partial charge in [0.25, 0.3) is 0 Å². The van der Waals surface area contributed by atoms with Crippen molar-refractivity contribution in [2.75, 3.05) is 13.2 Å². The number of nitrogens with two attached hydrogens (primary N) is 1. The second-order valence-corrected chi connectivity index (χ2v) is 2.32. The number of carbonyl (C=O) groups is 2. The van der Waals surface area contributed by atoms with E-state index in [1.165, 1.54) is 6.92 Å². The van der Waals surface area contributed by atoms with Crippen LogP contribution in [0.1, 0.15) is 13.3 Å². The lowest BCUT2D eigenvalue weighted by Crippen LogP contribution is -2.36. The average molecular weight is 173 g/mol. The summed E-state index contributed by atoms with van der Waals surface area (Å²) in [6.45, 7) is 1.71. The van der Waals surface area contributed by atoms with Crippen LogP contribution in [0.15, 0.2) is 0 Å². The molecule has 0 spiro atoms. The number of aliphatic hydroxyl groups excluding tert-OH is 1. The van der Waals surface area contributed by atoms with Crippen LogP contribution in [0.5, 0.6) is 0 Å². The first-order valence-corrected chi connectivity index (χ1v) is 3.62. The van der Waals surface area contributed by atoms with Gasteiger partial charge in [0, 0.05) is 13.2 Å². The molecule has 2 amide bonds. The Morgan fingerprint density at radius 2 is 2.08 bits per heavy atom. The zero-order valence-corrected chi connectivity index (χ0v) is 6.96. The molecule has 0 aromatic heterocycles. The van der Waals surface area contributed by atoms with Gasteiger partial charge in [0.1, 0.15) is 5.92 Å². The van der Waals surface area contributed by atoms with Gasteiger partial charge in [-0.1, -0.05) is 0 Å². The van der Waals surface area contributed by atoms with Crippen molar-refractivity contribution in [3.63, 3.8) is 0 Å². The largest absolute Gasteiger partial charge is 0.396 e. The first kappa shape index (κ1) is 10.9. The summed E-state index contributed by atoms with van der Waals surface area (Å²) in [6, 6.07) is 0. The molecule has 69 valence electrons. The molecule has 0 aliphatic carbocycles. The first-order valence-electron chi connectivity index (χ1n) is 3.62. The van der Waals surface area contributed by atoms with Gasteiger partial charge < -0.3 is 16.2 Å². The fraction of sp³-hybridized carbons (Fsp3) is 0.571. The summed E-state index contributed by atoms with van der Waals surface area (Å²) in [5.74, 6) is -1.22. The van der Waals surface area contributed by atoms with Crippen molar-refractivity contribution in [3.8, 4) is 0 Å². The third-order valence-electron chi connectivity index (χ3n) is 1.33. The Labute approximate surface area is 70.9 Å². The molecule has 0 unspecified atom stereocenters. The lowest BCUT2D eigenvalue weighted by atomic mass is 10.1. The summed E-state index contributed by atoms with van der Waals surface area (Å²) in [4.78, 5) is 21.4. The molecular formula is C7H13N2O3. The maximum Gasteiger partial charge on any atom is 0.237 e. The van der Waals surface area contributed by atoms with Gasteiger partial charge in [-0.3, -0.25) is 9.59 Å². The maximum atomic E-state index is 10.9. The minimum atomic E-state index is -0.725. The van der Waals surface area contributed by atoms with Gasteiger partial charge in [0.15, 0.2) is 0 Å². The molecule has 0 heterocycles. The molecule has 5 heteroatoms. The second-order valence-electron chi connectivity index (χ2n) is 2.32. The molecule has 5 nitrogen and oxygen atoms in total. The van der Waals surface area contributed by atoms with Crippen molar-refractivity contribution in [2.24, 2.45) is 5.73 Å². The fourth-order valence-electron chi connectivity index (χ4n) is 0.525. The molecule has 0 rings (SSSR count). The summed E-state index contributed by atoms with van der Waals surface area (Å²) in [7, 11) is 0. The minimum absolute atomic E-state index is 0.00982. The Morgan fingerprint density at radius 1 is 1.50 bits per heavy atom. The van der Waals surface area contributed by atoms with Gasteiger partial charge >= 0.3 is 0 Å². The van der Waals surface area contributed by atoms with E-state index in [2.05, 4.69) is 5.32 Å². The van der Waals surface area contributed by atoms with Crippen LogP contribution in [0.3, 0.4) is 0 Å². The highest BCUT2D eigenvalue weighted by Crippen LogP contribution is 1.94. The van der Waals surface area contributed by atoms with E-state index >= 15 is 0 Å². The number of aliphatic hydroxyl groups is 1. The molecule has 0 aliphatic heterocycles. The van der Waals surface area contributed by atoms with E-state index in [1.54, 1.807) is 0 Å². The molecule has 0 aromatic carbocycles. The van der Waals surface area contributed by atoms with E-state index in [0.29, 0.717) is 13.0 Å². The third-order valence-corrected chi connectivity index (χ3v) is 1.33. The maximum absolute atomic E-state index is 10.9. The van der Waals surface area contributed by atoms with Crippen LogP contribution in [0.25, 0.3) is 0 Å². The zero-order valence-electron chi connectivity index (χ0n) is 6.96. The van der Waals surface area contributed by atoms with Gasteiger partial charge in [-0.05, 0) is 13.3 Å². The number of amides is 2. The highest BCUT2D eigenvalue weighted by Gasteiger charge is 2.18. The van der Waals surface area contributed by atoms with E-state index < -0.39 is 11.8 Å². The standard InChI is InChI=1S/C7H13N2O3/c1-5(6(8)11)7(12)9-3-2-4-10/h10H,2-4H2,1H3,(H2,8,11)(H,9,12). The number of nitrogens with one attached hydrogen (secondary N) is 1. The van der Waals surface area contributed by atoms with E-state index in [9.17, 15) is 9.59 Å². The van der Waals surface area contributed by atoms with Crippen LogP contribution in [0, 0.1) is 5.92 Å². The van der Waals surface area contributed by atoms with Crippen LogP contribution in [-0.4, -0.2) is 30.1 Å². The fourth-order valence-corrected chi connectivity index (χ4v) is 0.525. The molecule has 12 heavy (non-hydrogen) atoms. The summed E-state index contributed by atoms with van der Waals surface area (Å²) in [5.41, 5.74) is 4.85. The van der Waals surface area contributed by atoms with E-state index in [-0.39, 0.29) is 12.5 Å². The predicted molar refractivity (Wildman–Crippen MR) is 42.8 cm³/mol. The van der Waals surface area contributed by atoms with Crippen molar-refractivity contribution in [3.05, 3.63) is 5.92 Å². The van der Waals surface area contributed by atoms with Crippen LogP contribution >= 0.6 is 0 Å². The van der Waals surface area contributed by atoms with E-state index in [0.717, 1.165) is 0 Å². The van der Waals surface area contributed by atoms with Gasteiger partial charge in [-0.15, -0.1) is 0 Å². The van der Waals surface area contributed by atoms with Gasteiger partial charge in [0.05, 0.1) is 0 Å². The highest BCUT2D eigenvalue weighted by molar-refractivity contribution is 6.13. The number of rotatable bonds is 5. The van der Waals surface area contributed by atoms with Crippen LogP contribution < -0.4 is 11.1 Å². The average Bonchev–Trinajstić information content (AvgIpc) is 2.03. The molecular weight excluding hydrogens is 160 g/mol. The van der Waals surface area contributed by atoms with Gasteiger partial charge in [-0.25, -0.2) is 0 Å². The summed E-state index contributed by atoms with van der Waals surface area (Å²) in [6.07, 6.45) is 0.470. The van der Waals surface area contributed by atoms with E-state index in [1.807, 2.05) is 0 Å². The van der Waals surface area contributed by atoms with Crippen molar-refractivity contribution < 1.29 is 14.7 Å². The van der Waals surface area contributed by atoms with Crippen molar-refractivity contribution in [1.29, 1.82) is 0 Å². The summed E-state index contributed by atoms with van der Waals surface area (Å²) >= 11 is 0. The molecule has 0 aromatic rings. The number of hydrogen-bond donors (Lipinski definition) is 3. The molecule has 0 saturated carbocycles.